The van der Waals surface area contributed by atoms with Crippen molar-refractivity contribution in [2.75, 3.05) is 5.32 Å². The number of halogens is 3. The van der Waals surface area contributed by atoms with Gasteiger partial charge in [-0.3, -0.25) is 10.1 Å². The van der Waals surface area contributed by atoms with Gasteiger partial charge >= 0.3 is 0 Å². The van der Waals surface area contributed by atoms with Gasteiger partial charge in [-0.05, 0) is 18.2 Å². The Bertz CT molecular complexity index is 585. The first kappa shape index (κ1) is 13.0. The van der Waals surface area contributed by atoms with E-state index in [0.717, 1.165) is 0 Å². The maximum absolute atomic E-state index is 11.9. The number of rotatable bonds is 2. The molecule has 0 bridgehead atoms. The normalized spacial score (nSPS) is 10.2. The number of anilines is 1. The van der Waals surface area contributed by atoms with Gasteiger partial charge in [-0.25, -0.2) is 15.0 Å². The van der Waals surface area contributed by atoms with Crippen LogP contribution in [0.5, 0.6) is 0 Å². The molecule has 0 aliphatic heterocycles. The minimum absolute atomic E-state index is 0.0940. The highest BCUT2D eigenvalue weighted by Crippen LogP contribution is 2.15. The molecular formula is C10H5Cl3N4O. The molecule has 0 aliphatic rings. The van der Waals surface area contributed by atoms with Crippen LogP contribution in [0.25, 0.3) is 0 Å². The van der Waals surface area contributed by atoms with Crippen molar-refractivity contribution < 1.29 is 4.79 Å². The lowest BCUT2D eigenvalue weighted by molar-refractivity contribution is 0.102. The van der Waals surface area contributed by atoms with E-state index in [9.17, 15) is 4.79 Å². The first-order chi connectivity index (χ1) is 8.54. The topological polar surface area (TPSA) is 67.8 Å². The van der Waals surface area contributed by atoms with Gasteiger partial charge in [0.15, 0.2) is 0 Å². The number of amides is 1. The Morgan fingerprint density at radius 1 is 1.06 bits per heavy atom. The molecule has 2 aromatic rings. The standard InChI is InChI=1S/C10H5Cl3N4O/c11-6-1-2-14-10(16-6)17-9(18)5-3-7(12)15-8(13)4-5/h1-4H,(H,14,16,17,18). The second-order valence-corrected chi connectivity index (χ2v) is 4.32. The molecular weight excluding hydrogens is 298 g/mol. The summed E-state index contributed by atoms with van der Waals surface area (Å²) in [6, 6.07) is 4.26. The van der Waals surface area contributed by atoms with Crippen LogP contribution < -0.4 is 5.32 Å². The molecule has 0 saturated carbocycles. The van der Waals surface area contributed by atoms with Crippen molar-refractivity contribution in [3.8, 4) is 0 Å². The van der Waals surface area contributed by atoms with Gasteiger partial charge in [-0.15, -0.1) is 0 Å². The molecule has 92 valence electrons. The van der Waals surface area contributed by atoms with Crippen molar-refractivity contribution in [2.24, 2.45) is 0 Å². The van der Waals surface area contributed by atoms with Gasteiger partial charge in [0.05, 0.1) is 0 Å². The van der Waals surface area contributed by atoms with Crippen LogP contribution in [0, 0.1) is 0 Å². The van der Waals surface area contributed by atoms with E-state index in [4.69, 9.17) is 34.8 Å². The zero-order valence-corrected chi connectivity index (χ0v) is 11.0. The highest BCUT2D eigenvalue weighted by atomic mass is 35.5. The number of carbonyl (C=O) groups excluding carboxylic acids is 1. The fourth-order valence-corrected chi connectivity index (χ4v) is 1.76. The van der Waals surface area contributed by atoms with Crippen LogP contribution in [0.15, 0.2) is 24.4 Å². The van der Waals surface area contributed by atoms with Crippen LogP contribution in [0.4, 0.5) is 5.95 Å². The summed E-state index contributed by atoms with van der Waals surface area (Å²) in [5.74, 6) is -0.361. The fourth-order valence-electron chi connectivity index (χ4n) is 1.17. The van der Waals surface area contributed by atoms with Gasteiger partial charge in [-0.1, -0.05) is 34.8 Å². The van der Waals surface area contributed by atoms with E-state index in [1.807, 2.05) is 0 Å². The Kier molecular flexibility index (Phi) is 3.96. The van der Waals surface area contributed by atoms with E-state index in [1.54, 1.807) is 0 Å². The minimum atomic E-state index is -0.455. The van der Waals surface area contributed by atoms with E-state index in [1.165, 1.54) is 24.4 Å². The zero-order valence-electron chi connectivity index (χ0n) is 8.69. The van der Waals surface area contributed by atoms with Gasteiger partial charge in [0.1, 0.15) is 15.5 Å². The summed E-state index contributed by atoms with van der Waals surface area (Å²) in [6.07, 6.45) is 1.43. The molecule has 5 nitrogen and oxygen atoms in total. The van der Waals surface area contributed by atoms with E-state index in [-0.39, 0.29) is 27.0 Å². The molecule has 0 fully saturated rings. The number of pyridine rings is 1. The third-order valence-electron chi connectivity index (χ3n) is 1.87. The summed E-state index contributed by atoms with van der Waals surface area (Å²) >= 11 is 17.1. The van der Waals surface area contributed by atoms with Crippen molar-refractivity contribution in [3.05, 3.63) is 45.4 Å². The fraction of sp³-hybridized carbons (Fsp3) is 0. The number of aromatic nitrogens is 3. The number of carbonyl (C=O) groups is 1. The lowest BCUT2D eigenvalue weighted by Gasteiger charge is -2.04. The number of hydrogen-bond acceptors (Lipinski definition) is 4. The summed E-state index contributed by atoms with van der Waals surface area (Å²) < 4.78 is 0. The molecule has 2 rings (SSSR count). The Hall–Kier alpha value is -1.43. The third-order valence-corrected chi connectivity index (χ3v) is 2.47. The molecule has 2 aromatic heterocycles. The molecule has 0 aliphatic carbocycles. The van der Waals surface area contributed by atoms with Crippen LogP contribution >= 0.6 is 34.8 Å². The third kappa shape index (κ3) is 3.29. The number of nitrogens with zero attached hydrogens (tertiary/aromatic N) is 3. The number of hydrogen-bond donors (Lipinski definition) is 1. The van der Waals surface area contributed by atoms with Crippen molar-refractivity contribution in [1.82, 2.24) is 15.0 Å². The molecule has 1 N–H and O–H groups in total. The summed E-state index contributed by atoms with van der Waals surface area (Å²) in [5.41, 5.74) is 0.253. The van der Waals surface area contributed by atoms with Gasteiger partial charge in [0, 0.05) is 11.8 Å². The van der Waals surface area contributed by atoms with E-state index >= 15 is 0 Å². The van der Waals surface area contributed by atoms with Crippen molar-refractivity contribution in [2.45, 2.75) is 0 Å². The maximum atomic E-state index is 11.9. The molecule has 2 heterocycles. The van der Waals surface area contributed by atoms with Crippen molar-refractivity contribution in [1.29, 1.82) is 0 Å². The monoisotopic (exact) mass is 302 g/mol. The molecule has 1 amide bonds. The molecule has 0 atom stereocenters. The average Bonchev–Trinajstić information content (AvgIpc) is 2.27. The Morgan fingerprint density at radius 2 is 1.72 bits per heavy atom. The van der Waals surface area contributed by atoms with Gasteiger partial charge in [0.2, 0.25) is 5.95 Å². The number of nitrogens with one attached hydrogen (secondary N) is 1. The molecule has 18 heavy (non-hydrogen) atoms. The molecule has 0 aromatic carbocycles. The first-order valence-corrected chi connectivity index (χ1v) is 5.81. The Labute approximate surface area is 117 Å². The average molecular weight is 304 g/mol. The predicted molar refractivity (Wildman–Crippen MR) is 69.3 cm³/mol. The van der Waals surface area contributed by atoms with Gasteiger partial charge in [0.25, 0.3) is 5.91 Å². The molecule has 0 saturated heterocycles. The molecule has 0 unspecified atom stereocenters. The lowest BCUT2D eigenvalue weighted by Crippen LogP contribution is -2.14. The first-order valence-electron chi connectivity index (χ1n) is 4.67. The SMILES string of the molecule is O=C(Nc1nccc(Cl)n1)c1cc(Cl)nc(Cl)c1. The van der Waals surface area contributed by atoms with Gasteiger partial charge < -0.3 is 0 Å². The molecule has 8 heteroatoms. The van der Waals surface area contributed by atoms with Crippen LogP contribution in [-0.4, -0.2) is 20.9 Å². The maximum Gasteiger partial charge on any atom is 0.258 e. The van der Waals surface area contributed by atoms with E-state index < -0.39 is 5.91 Å². The van der Waals surface area contributed by atoms with E-state index in [0.29, 0.717) is 0 Å². The Balaban J connectivity index is 2.22. The van der Waals surface area contributed by atoms with Crippen LogP contribution in [0.1, 0.15) is 10.4 Å². The lowest BCUT2D eigenvalue weighted by atomic mass is 10.2. The minimum Gasteiger partial charge on any atom is -0.290 e. The highest BCUT2D eigenvalue weighted by Gasteiger charge is 2.10. The quantitative estimate of drug-likeness (QED) is 0.684. The van der Waals surface area contributed by atoms with Crippen LogP contribution in [-0.2, 0) is 0 Å². The smallest absolute Gasteiger partial charge is 0.258 e. The molecule has 0 spiro atoms. The summed E-state index contributed by atoms with van der Waals surface area (Å²) in [7, 11) is 0. The van der Waals surface area contributed by atoms with Gasteiger partial charge in [-0.2, -0.15) is 0 Å². The summed E-state index contributed by atoms with van der Waals surface area (Å²) in [4.78, 5) is 23.3. The van der Waals surface area contributed by atoms with Crippen molar-refractivity contribution in [3.63, 3.8) is 0 Å². The second kappa shape index (κ2) is 5.48. The zero-order chi connectivity index (χ0) is 13.1. The summed E-state index contributed by atoms with van der Waals surface area (Å²) in [5, 5.41) is 2.94. The second-order valence-electron chi connectivity index (χ2n) is 3.16. The molecule has 0 radical (unpaired) electrons. The van der Waals surface area contributed by atoms with Crippen molar-refractivity contribution >= 4 is 46.7 Å². The Morgan fingerprint density at radius 3 is 2.33 bits per heavy atom. The highest BCUT2D eigenvalue weighted by molar-refractivity contribution is 6.33. The van der Waals surface area contributed by atoms with Crippen LogP contribution in [0.3, 0.4) is 0 Å². The van der Waals surface area contributed by atoms with Crippen LogP contribution in [0.2, 0.25) is 15.5 Å². The van der Waals surface area contributed by atoms with E-state index in [2.05, 4.69) is 20.3 Å². The summed E-state index contributed by atoms with van der Waals surface area (Å²) in [6.45, 7) is 0. The predicted octanol–water partition coefficient (Wildman–Crippen LogP) is 3.08. The largest absolute Gasteiger partial charge is 0.290 e.